The highest BCUT2D eigenvalue weighted by atomic mass is 32.2. The molecule has 0 amide bonds. The van der Waals surface area contributed by atoms with Gasteiger partial charge in [-0.3, -0.25) is 9.40 Å². The first-order chi connectivity index (χ1) is 17.7. The number of nitrogens with two attached hydrogens (primary N) is 1. The van der Waals surface area contributed by atoms with Gasteiger partial charge in [0.15, 0.2) is 5.82 Å². The zero-order chi connectivity index (χ0) is 26.2. The molecule has 1 saturated heterocycles. The fourth-order valence-electron chi connectivity index (χ4n) is 4.12. The van der Waals surface area contributed by atoms with Crippen LogP contribution in [-0.4, -0.2) is 41.4 Å². The van der Waals surface area contributed by atoms with Gasteiger partial charge >= 0.3 is 0 Å². The van der Waals surface area contributed by atoms with Crippen molar-refractivity contribution in [1.82, 2.24) is 19.7 Å². The molecule has 3 heterocycles. The minimum absolute atomic E-state index is 0.00105. The number of aromatic nitrogens is 4. The number of nitrogens with zero attached hydrogens (tertiary/aromatic N) is 4. The Morgan fingerprint density at radius 1 is 1.05 bits per heavy atom. The molecule has 0 radical (unpaired) electrons. The van der Waals surface area contributed by atoms with E-state index in [1.165, 1.54) is 24.4 Å². The molecule has 1 aliphatic rings. The van der Waals surface area contributed by atoms with Crippen molar-refractivity contribution in [1.29, 1.82) is 0 Å². The summed E-state index contributed by atoms with van der Waals surface area (Å²) in [6.45, 7) is 1.11. The zero-order valence-electron chi connectivity index (χ0n) is 19.2. The van der Waals surface area contributed by atoms with Gasteiger partial charge in [-0.15, -0.1) is 0 Å². The van der Waals surface area contributed by atoms with Gasteiger partial charge in [-0.25, -0.2) is 31.6 Å². The number of benzene rings is 2. The van der Waals surface area contributed by atoms with Crippen LogP contribution in [0.3, 0.4) is 0 Å². The molecule has 2 aromatic heterocycles. The first-order valence-corrected chi connectivity index (χ1v) is 12.7. The van der Waals surface area contributed by atoms with Gasteiger partial charge < -0.3 is 10.5 Å². The van der Waals surface area contributed by atoms with Crippen LogP contribution in [0.4, 0.5) is 24.8 Å². The molecule has 192 valence electrons. The van der Waals surface area contributed by atoms with E-state index in [0.29, 0.717) is 49.4 Å². The van der Waals surface area contributed by atoms with Crippen molar-refractivity contribution in [3.8, 4) is 22.5 Å². The van der Waals surface area contributed by atoms with Gasteiger partial charge in [-0.1, -0.05) is 6.07 Å². The minimum Gasteiger partial charge on any atom is -0.381 e. The molecule has 0 aliphatic carbocycles. The van der Waals surface area contributed by atoms with Crippen LogP contribution in [0.1, 0.15) is 18.9 Å². The SMILES string of the molecule is Nc1nccc(-c2cn(C3CCOCC3)nc2-c2cccc(NS(=O)(=O)c3cc(F)ccc3F)c2F)n1. The molecular formula is C24H21F3N6O3S. The second-order valence-corrected chi connectivity index (χ2v) is 10.0. The Balaban J connectivity index is 1.59. The number of nitrogen functional groups attached to an aromatic ring is 1. The van der Waals surface area contributed by atoms with Gasteiger partial charge in [-0.05, 0) is 49.2 Å². The first-order valence-electron chi connectivity index (χ1n) is 11.3. The lowest BCUT2D eigenvalue weighted by atomic mass is 10.0. The lowest BCUT2D eigenvalue weighted by Crippen LogP contribution is -2.20. The largest absolute Gasteiger partial charge is 0.381 e. The van der Waals surface area contributed by atoms with Crippen molar-refractivity contribution >= 4 is 21.7 Å². The van der Waals surface area contributed by atoms with Crippen LogP contribution in [0.15, 0.2) is 59.8 Å². The molecule has 3 N–H and O–H groups in total. The standard InChI is InChI=1S/C24H21F3N6O3S/c25-14-4-5-18(26)21(12-14)37(34,35)32-20-3-1-2-16(22(20)27)23-17(19-6-9-29-24(28)30-19)13-33(31-23)15-7-10-36-11-8-15/h1-6,9,12-13,15,32H,7-8,10-11H2,(H2,28,29,30). The summed E-state index contributed by atoms with van der Waals surface area (Å²) < 4.78 is 78.2. The van der Waals surface area contributed by atoms with Crippen molar-refractivity contribution in [2.45, 2.75) is 23.8 Å². The van der Waals surface area contributed by atoms with E-state index in [2.05, 4.69) is 15.1 Å². The molecule has 37 heavy (non-hydrogen) atoms. The molecule has 9 nitrogen and oxygen atoms in total. The number of rotatable bonds is 6. The van der Waals surface area contributed by atoms with Crippen molar-refractivity contribution in [3.05, 3.63) is 72.3 Å². The predicted octanol–water partition coefficient (Wildman–Crippen LogP) is 4.16. The highest BCUT2D eigenvalue weighted by Gasteiger charge is 2.26. The van der Waals surface area contributed by atoms with Gasteiger partial charge in [0, 0.05) is 36.7 Å². The number of hydrogen-bond donors (Lipinski definition) is 2. The summed E-state index contributed by atoms with van der Waals surface area (Å²) in [7, 11) is -4.65. The van der Waals surface area contributed by atoms with Crippen molar-refractivity contribution < 1.29 is 26.3 Å². The molecule has 2 aromatic carbocycles. The van der Waals surface area contributed by atoms with Gasteiger partial charge in [0.25, 0.3) is 10.0 Å². The highest BCUT2D eigenvalue weighted by Crippen LogP contribution is 2.36. The van der Waals surface area contributed by atoms with Gasteiger partial charge in [-0.2, -0.15) is 5.10 Å². The van der Waals surface area contributed by atoms with Crippen LogP contribution in [0.2, 0.25) is 0 Å². The predicted molar refractivity (Wildman–Crippen MR) is 129 cm³/mol. The zero-order valence-corrected chi connectivity index (χ0v) is 20.1. The monoisotopic (exact) mass is 530 g/mol. The van der Waals surface area contributed by atoms with Gasteiger partial charge in [0.2, 0.25) is 5.95 Å². The van der Waals surface area contributed by atoms with E-state index in [1.54, 1.807) is 16.9 Å². The van der Waals surface area contributed by atoms with E-state index in [4.69, 9.17) is 10.5 Å². The van der Waals surface area contributed by atoms with Crippen LogP contribution < -0.4 is 10.5 Å². The average molecular weight is 531 g/mol. The number of ether oxygens (including phenoxy) is 1. The summed E-state index contributed by atoms with van der Waals surface area (Å²) in [6, 6.07) is 7.61. The Bertz CT molecular complexity index is 1570. The third kappa shape index (κ3) is 5.00. The molecule has 0 unspecified atom stereocenters. The fourth-order valence-corrected chi connectivity index (χ4v) is 5.26. The molecule has 4 aromatic rings. The Morgan fingerprint density at radius 2 is 1.84 bits per heavy atom. The number of halogens is 3. The van der Waals surface area contributed by atoms with Crippen molar-refractivity contribution in [2.24, 2.45) is 0 Å². The summed E-state index contributed by atoms with van der Waals surface area (Å²) in [4.78, 5) is 7.18. The smallest absolute Gasteiger partial charge is 0.265 e. The molecule has 0 bridgehead atoms. The molecule has 5 rings (SSSR count). The van der Waals surface area contributed by atoms with Crippen LogP contribution >= 0.6 is 0 Å². The molecular weight excluding hydrogens is 509 g/mol. The number of anilines is 2. The lowest BCUT2D eigenvalue weighted by molar-refractivity contribution is 0.0663. The summed E-state index contributed by atoms with van der Waals surface area (Å²) in [5.74, 6) is -3.07. The Labute approximate surface area is 210 Å². The van der Waals surface area contributed by atoms with Gasteiger partial charge in [0.1, 0.15) is 22.2 Å². The van der Waals surface area contributed by atoms with E-state index in [-0.39, 0.29) is 23.2 Å². The number of hydrogen-bond acceptors (Lipinski definition) is 7. The minimum atomic E-state index is -4.65. The van der Waals surface area contributed by atoms with Crippen molar-refractivity contribution in [2.75, 3.05) is 23.7 Å². The van der Waals surface area contributed by atoms with E-state index < -0.39 is 38.1 Å². The molecule has 0 saturated carbocycles. The van der Waals surface area contributed by atoms with E-state index >= 15 is 4.39 Å². The molecule has 0 spiro atoms. The second kappa shape index (κ2) is 9.82. The topological polar surface area (TPSA) is 125 Å². The quantitative estimate of drug-likeness (QED) is 0.384. The van der Waals surface area contributed by atoms with E-state index in [1.807, 2.05) is 4.72 Å². The Hall–Kier alpha value is -3.97. The van der Waals surface area contributed by atoms with Gasteiger partial charge in [0.05, 0.1) is 17.4 Å². The molecule has 13 heteroatoms. The Morgan fingerprint density at radius 3 is 2.59 bits per heavy atom. The van der Waals surface area contributed by atoms with Crippen LogP contribution in [0, 0.1) is 17.5 Å². The average Bonchev–Trinajstić information content (AvgIpc) is 3.32. The number of sulfonamides is 1. The molecule has 1 fully saturated rings. The van der Waals surface area contributed by atoms with Crippen LogP contribution in [0.25, 0.3) is 22.5 Å². The first kappa shape index (κ1) is 24.7. The van der Waals surface area contributed by atoms with E-state index in [9.17, 15) is 17.2 Å². The summed E-state index contributed by atoms with van der Waals surface area (Å²) in [6.07, 6.45) is 4.59. The maximum absolute atomic E-state index is 15.8. The maximum atomic E-state index is 15.8. The fraction of sp³-hybridized carbons (Fsp3) is 0.208. The third-order valence-electron chi connectivity index (χ3n) is 5.93. The summed E-state index contributed by atoms with van der Waals surface area (Å²) in [5, 5.41) is 4.63. The molecule has 0 atom stereocenters. The molecule has 1 aliphatic heterocycles. The second-order valence-electron chi connectivity index (χ2n) is 8.36. The normalized spacial score (nSPS) is 14.6. The Kier molecular flexibility index (Phi) is 6.56. The van der Waals surface area contributed by atoms with Crippen LogP contribution in [-0.2, 0) is 14.8 Å². The van der Waals surface area contributed by atoms with Crippen molar-refractivity contribution in [3.63, 3.8) is 0 Å². The lowest BCUT2D eigenvalue weighted by Gasteiger charge is -2.22. The third-order valence-corrected chi connectivity index (χ3v) is 7.31. The summed E-state index contributed by atoms with van der Waals surface area (Å²) >= 11 is 0. The van der Waals surface area contributed by atoms with Crippen LogP contribution in [0.5, 0.6) is 0 Å². The van der Waals surface area contributed by atoms with E-state index in [0.717, 1.165) is 6.07 Å². The number of nitrogens with one attached hydrogen (secondary N) is 1. The highest BCUT2D eigenvalue weighted by molar-refractivity contribution is 7.92. The maximum Gasteiger partial charge on any atom is 0.265 e. The summed E-state index contributed by atoms with van der Waals surface area (Å²) in [5.41, 5.74) is 6.31.